The second-order valence-electron chi connectivity index (χ2n) is 4.70. The van der Waals surface area contributed by atoms with Crippen LogP contribution in [-0.2, 0) is 0 Å². The molecule has 0 radical (unpaired) electrons. The summed E-state index contributed by atoms with van der Waals surface area (Å²) in [6.45, 7) is 0. The number of benzene rings is 1. The second-order valence-corrected chi connectivity index (χ2v) is 4.70. The van der Waals surface area contributed by atoms with Crippen LogP contribution in [0.4, 0.5) is 0 Å². The molecule has 1 atom stereocenters. The number of H-pyrrole nitrogens is 1. The summed E-state index contributed by atoms with van der Waals surface area (Å²) in [5, 5.41) is 0. The van der Waals surface area contributed by atoms with Crippen LogP contribution < -0.4 is 11.5 Å². The number of nitrogens with one attached hydrogen (secondary N) is 1. The molecule has 3 rings (SSSR count). The Balaban J connectivity index is 1.87. The molecule has 1 aromatic heterocycles. The van der Waals surface area contributed by atoms with E-state index >= 15 is 0 Å². The van der Waals surface area contributed by atoms with Gasteiger partial charge in [0.25, 0.3) is 0 Å². The van der Waals surface area contributed by atoms with Crippen molar-refractivity contribution in [3.8, 4) is 0 Å². The van der Waals surface area contributed by atoms with E-state index in [-0.39, 0.29) is 6.04 Å². The van der Waals surface area contributed by atoms with Crippen molar-refractivity contribution in [3.63, 3.8) is 0 Å². The summed E-state index contributed by atoms with van der Waals surface area (Å²) in [6.07, 6.45) is 3.80. The zero-order valence-electron chi connectivity index (χ0n) is 9.06. The minimum absolute atomic E-state index is 0.104. The Hall–Kier alpha value is -1.39. The molecular formula is C12H16N4. The average Bonchev–Trinajstić information content (AvgIpc) is 2.70. The van der Waals surface area contributed by atoms with Crippen LogP contribution in [0.2, 0.25) is 0 Å². The minimum Gasteiger partial charge on any atom is -0.345 e. The number of hydrogen-bond donors (Lipinski definition) is 3. The highest BCUT2D eigenvalue weighted by Gasteiger charge is 2.31. The van der Waals surface area contributed by atoms with Crippen LogP contribution in [-0.4, -0.2) is 16.0 Å². The van der Waals surface area contributed by atoms with Crippen LogP contribution in [0.1, 0.15) is 24.4 Å². The Bertz CT molecular complexity index is 498. The molecule has 16 heavy (non-hydrogen) atoms. The molecule has 4 heteroatoms. The van der Waals surface area contributed by atoms with Crippen LogP contribution in [0.25, 0.3) is 11.0 Å². The zero-order chi connectivity index (χ0) is 11.1. The number of nitrogens with two attached hydrogens (primary N) is 2. The van der Waals surface area contributed by atoms with E-state index in [1.54, 1.807) is 6.33 Å². The van der Waals surface area contributed by atoms with Crippen molar-refractivity contribution < 1.29 is 0 Å². The van der Waals surface area contributed by atoms with Crippen LogP contribution in [0.5, 0.6) is 0 Å². The molecule has 0 spiro atoms. The van der Waals surface area contributed by atoms with Crippen molar-refractivity contribution >= 4 is 11.0 Å². The van der Waals surface area contributed by atoms with Gasteiger partial charge in [0.05, 0.1) is 17.4 Å². The topological polar surface area (TPSA) is 80.7 Å². The lowest BCUT2D eigenvalue weighted by Gasteiger charge is -2.36. The summed E-state index contributed by atoms with van der Waals surface area (Å²) in [7, 11) is 0. The summed E-state index contributed by atoms with van der Waals surface area (Å²) < 4.78 is 0. The van der Waals surface area contributed by atoms with Gasteiger partial charge in [-0.05, 0) is 36.5 Å². The number of aromatic nitrogens is 2. The van der Waals surface area contributed by atoms with E-state index in [1.165, 1.54) is 5.56 Å². The fraction of sp³-hybridized carbons (Fsp3) is 0.417. The number of imidazole rings is 1. The molecule has 0 amide bonds. The largest absolute Gasteiger partial charge is 0.345 e. The highest BCUT2D eigenvalue weighted by molar-refractivity contribution is 5.75. The normalized spacial score (nSPS) is 26.6. The smallest absolute Gasteiger partial charge is 0.0931 e. The molecule has 1 unspecified atom stereocenters. The van der Waals surface area contributed by atoms with Crippen LogP contribution in [0.3, 0.4) is 0 Å². The summed E-state index contributed by atoms with van der Waals surface area (Å²) in [5.41, 5.74) is 15.2. The number of fused-ring (bicyclic) bond motifs is 1. The molecule has 2 aromatic rings. The zero-order valence-corrected chi connectivity index (χ0v) is 9.06. The first-order valence-electron chi connectivity index (χ1n) is 5.68. The van der Waals surface area contributed by atoms with Gasteiger partial charge in [-0.15, -0.1) is 0 Å². The quantitative estimate of drug-likeness (QED) is 0.707. The SMILES string of the molecule is NC1CC(C(N)c2ccc3nc[nH]c3c2)C1. The highest BCUT2D eigenvalue weighted by atomic mass is 14.9. The first-order valence-corrected chi connectivity index (χ1v) is 5.68. The molecular weight excluding hydrogens is 200 g/mol. The van der Waals surface area contributed by atoms with Gasteiger partial charge in [-0.1, -0.05) is 6.07 Å². The Morgan fingerprint density at radius 3 is 2.94 bits per heavy atom. The van der Waals surface area contributed by atoms with Crippen molar-refractivity contribution in [2.45, 2.75) is 24.9 Å². The number of hydrogen-bond acceptors (Lipinski definition) is 3. The van der Waals surface area contributed by atoms with E-state index < -0.39 is 0 Å². The Kier molecular flexibility index (Phi) is 2.19. The standard InChI is InChI=1S/C12H16N4/c13-9-3-8(4-9)12(14)7-1-2-10-11(5-7)16-6-15-10/h1-2,5-6,8-9,12H,3-4,13-14H2,(H,15,16). The number of nitrogens with zero attached hydrogens (tertiary/aromatic N) is 1. The maximum absolute atomic E-state index is 6.23. The van der Waals surface area contributed by atoms with Crippen molar-refractivity contribution in [3.05, 3.63) is 30.1 Å². The minimum atomic E-state index is 0.104. The fourth-order valence-corrected chi connectivity index (χ4v) is 2.43. The first-order chi connectivity index (χ1) is 7.74. The van der Waals surface area contributed by atoms with Crippen molar-refractivity contribution in [1.29, 1.82) is 0 Å². The van der Waals surface area contributed by atoms with Crippen LogP contribution in [0, 0.1) is 5.92 Å². The Labute approximate surface area is 94.0 Å². The molecule has 0 aliphatic heterocycles. The maximum Gasteiger partial charge on any atom is 0.0931 e. The van der Waals surface area contributed by atoms with Crippen molar-refractivity contribution in [2.75, 3.05) is 0 Å². The molecule has 0 bridgehead atoms. The van der Waals surface area contributed by atoms with E-state index in [2.05, 4.69) is 22.1 Å². The summed E-state index contributed by atoms with van der Waals surface area (Å²) in [6, 6.07) is 6.63. The second kappa shape index (κ2) is 3.57. The Morgan fingerprint density at radius 2 is 2.19 bits per heavy atom. The monoisotopic (exact) mass is 216 g/mol. The molecule has 1 saturated carbocycles. The van der Waals surface area contributed by atoms with Gasteiger partial charge >= 0.3 is 0 Å². The van der Waals surface area contributed by atoms with Gasteiger partial charge in [0, 0.05) is 12.1 Å². The van der Waals surface area contributed by atoms with Crippen molar-refractivity contribution in [2.24, 2.45) is 17.4 Å². The molecule has 1 aliphatic rings. The summed E-state index contributed by atoms with van der Waals surface area (Å²) >= 11 is 0. The number of aromatic amines is 1. The van der Waals surface area contributed by atoms with Gasteiger partial charge in [0.15, 0.2) is 0 Å². The third-order valence-electron chi connectivity index (χ3n) is 3.55. The lowest BCUT2D eigenvalue weighted by atomic mass is 9.74. The van der Waals surface area contributed by atoms with Gasteiger partial charge < -0.3 is 16.5 Å². The lowest BCUT2D eigenvalue weighted by molar-refractivity contribution is 0.224. The molecule has 4 nitrogen and oxygen atoms in total. The molecule has 5 N–H and O–H groups in total. The van der Waals surface area contributed by atoms with Gasteiger partial charge in [0.1, 0.15) is 0 Å². The molecule has 1 aliphatic carbocycles. The first kappa shape index (κ1) is 9.81. The molecule has 0 saturated heterocycles. The molecule has 1 fully saturated rings. The van der Waals surface area contributed by atoms with E-state index in [9.17, 15) is 0 Å². The van der Waals surface area contributed by atoms with Gasteiger partial charge in [0.2, 0.25) is 0 Å². The van der Waals surface area contributed by atoms with Gasteiger partial charge in [-0.2, -0.15) is 0 Å². The molecule has 1 heterocycles. The van der Waals surface area contributed by atoms with Crippen molar-refractivity contribution in [1.82, 2.24) is 9.97 Å². The molecule has 84 valence electrons. The predicted molar refractivity (Wildman–Crippen MR) is 63.7 cm³/mol. The number of rotatable bonds is 2. The highest BCUT2D eigenvalue weighted by Crippen LogP contribution is 2.35. The van der Waals surface area contributed by atoms with E-state index in [0.717, 1.165) is 23.9 Å². The molecule has 1 aromatic carbocycles. The third kappa shape index (κ3) is 1.50. The van der Waals surface area contributed by atoms with Gasteiger partial charge in [-0.3, -0.25) is 0 Å². The third-order valence-corrected chi connectivity index (χ3v) is 3.55. The predicted octanol–water partition coefficient (Wildman–Crippen LogP) is 1.30. The van der Waals surface area contributed by atoms with Crippen LogP contribution in [0.15, 0.2) is 24.5 Å². The lowest BCUT2D eigenvalue weighted by Crippen LogP contribution is -2.41. The Morgan fingerprint density at radius 1 is 1.38 bits per heavy atom. The van der Waals surface area contributed by atoms with E-state index in [1.807, 2.05) is 6.07 Å². The summed E-state index contributed by atoms with van der Waals surface area (Å²) in [4.78, 5) is 7.30. The maximum atomic E-state index is 6.23. The van der Waals surface area contributed by atoms with Gasteiger partial charge in [-0.25, -0.2) is 4.98 Å². The van der Waals surface area contributed by atoms with E-state index in [4.69, 9.17) is 11.5 Å². The van der Waals surface area contributed by atoms with Crippen LogP contribution >= 0.6 is 0 Å². The van der Waals surface area contributed by atoms with E-state index in [0.29, 0.717) is 12.0 Å². The average molecular weight is 216 g/mol. The fourth-order valence-electron chi connectivity index (χ4n) is 2.43. The summed E-state index contributed by atoms with van der Waals surface area (Å²) in [5.74, 6) is 0.537.